The molecule has 1 amide bonds. The summed E-state index contributed by atoms with van der Waals surface area (Å²) >= 11 is 0. The van der Waals surface area contributed by atoms with Gasteiger partial charge in [-0.1, -0.05) is 49.7 Å². The first-order valence-corrected chi connectivity index (χ1v) is 11.3. The van der Waals surface area contributed by atoms with Gasteiger partial charge < -0.3 is 14.8 Å². The summed E-state index contributed by atoms with van der Waals surface area (Å²) in [6, 6.07) is 16.9. The van der Waals surface area contributed by atoms with Crippen molar-refractivity contribution >= 4 is 5.91 Å². The van der Waals surface area contributed by atoms with Crippen LogP contribution in [0.3, 0.4) is 0 Å². The first kappa shape index (κ1) is 22.2. The monoisotopic (exact) mass is 433 g/mol. The molecule has 0 spiro atoms. The highest BCUT2D eigenvalue weighted by atomic mass is 16.7. The van der Waals surface area contributed by atoms with Gasteiger partial charge in [-0.3, -0.25) is 9.36 Å². The second-order valence-corrected chi connectivity index (χ2v) is 8.66. The van der Waals surface area contributed by atoms with Crippen molar-refractivity contribution in [1.82, 2.24) is 14.9 Å². The standard InChI is InChI=1S/C26H31N3O3/c1-4-5-6-19-7-9-20(10-8-19)21-11-13-22(14-12-21)29-18-27-16-24(29)25(30)28-15-23-17-31-26(2,3)32-23/h7-14,16,18,23H,4-6,15,17H2,1-3H3,(H,28,30). The Bertz CT molecular complexity index is 1040. The quantitative estimate of drug-likeness (QED) is 0.556. The number of nitrogens with one attached hydrogen (secondary N) is 1. The Morgan fingerprint density at radius 3 is 2.44 bits per heavy atom. The van der Waals surface area contributed by atoms with Crippen LogP contribution in [0.2, 0.25) is 0 Å². The summed E-state index contributed by atoms with van der Waals surface area (Å²) in [6.07, 6.45) is 6.63. The molecule has 3 aromatic rings. The van der Waals surface area contributed by atoms with Crippen LogP contribution in [0.5, 0.6) is 0 Å². The number of rotatable bonds is 8. The minimum Gasteiger partial charge on any atom is -0.348 e. The van der Waals surface area contributed by atoms with Gasteiger partial charge in [0.25, 0.3) is 5.91 Å². The zero-order valence-electron chi connectivity index (χ0n) is 19.0. The van der Waals surface area contributed by atoms with Crippen LogP contribution < -0.4 is 5.32 Å². The smallest absolute Gasteiger partial charge is 0.270 e. The lowest BCUT2D eigenvalue weighted by molar-refractivity contribution is -0.137. The van der Waals surface area contributed by atoms with Gasteiger partial charge in [-0.15, -0.1) is 0 Å². The molecule has 0 radical (unpaired) electrons. The van der Waals surface area contributed by atoms with Crippen molar-refractivity contribution in [3.8, 4) is 16.8 Å². The molecule has 0 aliphatic carbocycles. The first-order valence-electron chi connectivity index (χ1n) is 11.3. The summed E-state index contributed by atoms with van der Waals surface area (Å²) in [6.45, 7) is 6.81. The molecule has 168 valence electrons. The highest BCUT2D eigenvalue weighted by Crippen LogP contribution is 2.23. The molecule has 1 saturated heterocycles. The van der Waals surface area contributed by atoms with E-state index in [1.54, 1.807) is 17.1 Å². The number of imidazole rings is 1. The van der Waals surface area contributed by atoms with E-state index in [0.717, 1.165) is 17.7 Å². The van der Waals surface area contributed by atoms with Crippen molar-refractivity contribution in [2.75, 3.05) is 13.2 Å². The number of carbonyl (C=O) groups excluding carboxylic acids is 1. The predicted octanol–water partition coefficient (Wildman–Crippen LogP) is 4.76. The Balaban J connectivity index is 1.41. The van der Waals surface area contributed by atoms with E-state index >= 15 is 0 Å². The molecule has 32 heavy (non-hydrogen) atoms. The maximum atomic E-state index is 12.7. The van der Waals surface area contributed by atoms with Crippen LogP contribution in [0, 0.1) is 0 Å². The molecule has 2 heterocycles. The van der Waals surface area contributed by atoms with E-state index in [9.17, 15) is 4.79 Å². The van der Waals surface area contributed by atoms with Crippen LogP contribution in [-0.2, 0) is 15.9 Å². The molecule has 1 N–H and O–H groups in total. The van der Waals surface area contributed by atoms with E-state index < -0.39 is 5.79 Å². The summed E-state index contributed by atoms with van der Waals surface area (Å²) in [5, 5.41) is 2.93. The van der Waals surface area contributed by atoms with Crippen LogP contribution in [0.4, 0.5) is 0 Å². The Labute approximate surface area is 189 Å². The Kier molecular flexibility index (Phi) is 6.72. The molecule has 1 aliphatic rings. The van der Waals surface area contributed by atoms with E-state index in [2.05, 4.69) is 53.6 Å². The van der Waals surface area contributed by atoms with E-state index in [0.29, 0.717) is 18.8 Å². The van der Waals surface area contributed by atoms with Crippen LogP contribution in [0.1, 0.15) is 49.7 Å². The Hall–Kier alpha value is -2.96. The van der Waals surface area contributed by atoms with Crippen molar-refractivity contribution in [3.05, 3.63) is 72.3 Å². The maximum absolute atomic E-state index is 12.7. The average Bonchev–Trinajstić information content (AvgIpc) is 3.43. The highest BCUT2D eigenvalue weighted by Gasteiger charge is 2.32. The van der Waals surface area contributed by atoms with E-state index in [1.165, 1.54) is 24.0 Å². The fraction of sp³-hybridized carbons (Fsp3) is 0.385. The van der Waals surface area contributed by atoms with Crippen LogP contribution in [0.15, 0.2) is 61.1 Å². The second-order valence-electron chi connectivity index (χ2n) is 8.66. The van der Waals surface area contributed by atoms with Gasteiger partial charge in [0.05, 0.1) is 19.1 Å². The molecule has 0 saturated carbocycles. The molecule has 2 aromatic carbocycles. The first-order chi connectivity index (χ1) is 15.4. The molecule has 1 atom stereocenters. The second kappa shape index (κ2) is 9.67. The molecular formula is C26H31N3O3. The lowest BCUT2D eigenvalue weighted by Crippen LogP contribution is -2.35. The Morgan fingerprint density at radius 2 is 1.81 bits per heavy atom. The molecule has 0 bridgehead atoms. The highest BCUT2D eigenvalue weighted by molar-refractivity contribution is 5.93. The number of carbonyl (C=O) groups is 1. The lowest BCUT2D eigenvalue weighted by Gasteiger charge is -2.17. The zero-order valence-corrected chi connectivity index (χ0v) is 19.0. The number of unbranched alkanes of at least 4 members (excludes halogenated alkanes) is 1. The SMILES string of the molecule is CCCCc1ccc(-c2ccc(-n3cncc3C(=O)NCC3COC(C)(C)O3)cc2)cc1. The minimum atomic E-state index is -0.602. The van der Waals surface area contributed by atoms with Crippen molar-refractivity contribution in [3.63, 3.8) is 0 Å². The third kappa shape index (κ3) is 5.26. The number of aryl methyl sites for hydroxylation is 1. The van der Waals surface area contributed by atoms with Gasteiger partial charge >= 0.3 is 0 Å². The number of nitrogens with zero attached hydrogens (tertiary/aromatic N) is 2. The topological polar surface area (TPSA) is 65.4 Å². The molecule has 6 heteroatoms. The predicted molar refractivity (Wildman–Crippen MR) is 125 cm³/mol. The Morgan fingerprint density at radius 1 is 1.12 bits per heavy atom. The number of hydrogen-bond donors (Lipinski definition) is 1. The molecule has 6 nitrogen and oxygen atoms in total. The molecule has 1 aliphatic heterocycles. The van der Waals surface area contributed by atoms with Crippen LogP contribution in [0.25, 0.3) is 16.8 Å². The van der Waals surface area contributed by atoms with E-state index in [-0.39, 0.29) is 12.0 Å². The number of amides is 1. The van der Waals surface area contributed by atoms with Crippen molar-refractivity contribution in [2.24, 2.45) is 0 Å². The van der Waals surface area contributed by atoms with E-state index in [4.69, 9.17) is 9.47 Å². The van der Waals surface area contributed by atoms with Gasteiger partial charge in [-0.2, -0.15) is 0 Å². The molecular weight excluding hydrogens is 402 g/mol. The van der Waals surface area contributed by atoms with Crippen molar-refractivity contribution < 1.29 is 14.3 Å². The molecule has 4 rings (SSSR count). The summed E-state index contributed by atoms with van der Waals surface area (Å²) in [5.41, 5.74) is 5.07. The normalized spacial score (nSPS) is 17.4. The number of ether oxygens (including phenoxy) is 2. The van der Waals surface area contributed by atoms with Crippen molar-refractivity contribution in [1.29, 1.82) is 0 Å². The largest absolute Gasteiger partial charge is 0.348 e. The van der Waals surface area contributed by atoms with Crippen LogP contribution >= 0.6 is 0 Å². The summed E-state index contributed by atoms with van der Waals surface area (Å²) in [7, 11) is 0. The average molecular weight is 434 g/mol. The molecule has 1 unspecified atom stereocenters. The number of benzene rings is 2. The van der Waals surface area contributed by atoms with Gasteiger partial charge in [0.2, 0.25) is 0 Å². The number of aromatic nitrogens is 2. The van der Waals surface area contributed by atoms with Gasteiger partial charge in [-0.05, 0) is 55.5 Å². The van der Waals surface area contributed by atoms with Gasteiger partial charge in [0.1, 0.15) is 11.8 Å². The lowest BCUT2D eigenvalue weighted by atomic mass is 10.0. The third-order valence-corrected chi connectivity index (χ3v) is 5.68. The summed E-state index contributed by atoms with van der Waals surface area (Å²) in [5.74, 6) is -0.795. The fourth-order valence-electron chi connectivity index (χ4n) is 3.89. The summed E-state index contributed by atoms with van der Waals surface area (Å²) in [4.78, 5) is 16.9. The molecule has 1 fully saturated rings. The molecule has 1 aromatic heterocycles. The third-order valence-electron chi connectivity index (χ3n) is 5.68. The minimum absolute atomic E-state index is 0.155. The van der Waals surface area contributed by atoms with Gasteiger partial charge in [0.15, 0.2) is 5.79 Å². The maximum Gasteiger partial charge on any atom is 0.270 e. The van der Waals surface area contributed by atoms with Gasteiger partial charge in [0, 0.05) is 12.2 Å². The van der Waals surface area contributed by atoms with E-state index in [1.807, 2.05) is 26.0 Å². The fourth-order valence-corrected chi connectivity index (χ4v) is 3.89. The number of hydrogen-bond acceptors (Lipinski definition) is 4. The van der Waals surface area contributed by atoms with Gasteiger partial charge in [-0.25, -0.2) is 4.98 Å². The van der Waals surface area contributed by atoms with Crippen molar-refractivity contribution in [2.45, 2.75) is 51.9 Å². The zero-order chi connectivity index (χ0) is 22.6. The summed E-state index contributed by atoms with van der Waals surface area (Å²) < 4.78 is 13.1. The van der Waals surface area contributed by atoms with Crippen LogP contribution in [-0.4, -0.2) is 40.5 Å².